The summed E-state index contributed by atoms with van der Waals surface area (Å²) in [5, 5.41) is 0. The molecule has 2 amide bonds. The van der Waals surface area contributed by atoms with Crippen LogP contribution in [0.1, 0.15) is 59.4 Å². The van der Waals surface area contributed by atoms with Crippen LogP contribution in [-0.4, -0.2) is 40.1 Å². The fourth-order valence-corrected chi connectivity index (χ4v) is 4.20. The second kappa shape index (κ2) is 12.0. The lowest BCUT2D eigenvalue weighted by molar-refractivity contribution is -0.116. The van der Waals surface area contributed by atoms with Crippen molar-refractivity contribution in [1.29, 1.82) is 0 Å². The number of anilines is 1. The number of nitrogens with zero attached hydrogens (tertiary/aromatic N) is 2. The summed E-state index contributed by atoms with van der Waals surface area (Å²) in [7, 11) is 0. The van der Waals surface area contributed by atoms with Gasteiger partial charge >= 0.3 is 12.2 Å². The zero-order valence-corrected chi connectivity index (χ0v) is 24.3. The molecule has 7 nitrogen and oxygen atoms in total. The standard InChI is InChI=1S/C30H35BrN2O5/c1-29(2,3)37-27(35)32(23-14-12-22(31)13-15-23)19-17-25(21-10-8-7-9-11-21)26-20-24(34)16-18-33(26)28(36)38-30(4,5)6/h7-19,25-26H,20H2,1-6H3/b19-17+/t25-,26-/m1/s1. The predicted octanol–water partition coefficient (Wildman–Crippen LogP) is 7.58. The lowest BCUT2D eigenvalue weighted by Crippen LogP contribution is -2.45. The third-order valence-corrected chi connectivity index (χ3v) is 6.06. The SMILES string of the molecule is CC(C)(C)OC(=O)N(/C=C/[C@H](c1ccccc1)[C@H]1CC(=O)C=CN1C(=O)OC(C)(C)C)c1ccc(Br)cc1. The number of ketones is 1. The van der Waals surface area contributed by atoms with E-state index in [1.54, 1.807) is 59.9 Å². The highest BCUT2D eigenvalue weighted by molar-refractivity contribution is 9.10. The van der Waals surface area contributed by atoms with Gasteiger partial charge in [0, 0.05) is 29.2 Å². The van der Waals surface area contributed by atoms with Crippen LogP contribution >= 0.6 is 15.9 Å². The van der Waals surface area contributed by atoms with Gasteiger partial charge in [0.2, 0.25) is 0 Å². The first kappa shape index (κ1) is 29.2. The van der Waals surface area contributed by atoms with E-state index in [9.17, 15) is 14.4 Å². The van der Waals surface area contributed by atoms with E-state index in [4.69, 9.17) is 9.47 Å². The average Bonchev–Trinajstić information content (AvgIpc) is 2.81. The van der Waals surface area contributed by atoms with Gasteiger partial charge in [0.1, 0.15) is 11.2 Å². The van der Waals surface area contributed by atoms with Crippen molar-refractivity contribution >= 4 is 39.6 Å². The van der Waals surface area contributed by atoms with Crippen LogP contribution in [0.3, 0.4) is 0 Å². The van der Waals surface area contributed by atoms with Gasteiger partial charge in [-0.25, -0.2) is 9.59 Å². The number of halogens is 1. The van der Waals surface area contributed by atoms with E-state index in [2.05, 4.69) is 15.9 Å². The smallest absolute Gasteiger partial charge is 0.418 e. The Morgan fingerprint density at radius 3 is 2.16 bits per heavy atom. The highest BCUT2D eigenvalue weighted by atomic mass is 79.9. The van der Waals surface area contributed by atoms with Crippen LogP contribution in [0.4, 0.5) is 15.3 Å². The largest absolute Gasteiger partial charge is 0.443 e. The molecular formula is C30H35BrN2O5. The summed E-state index contributed by atoms with van der Waals surface area (Å²) in [5.74, 6) is -0.529. The lowest BCUT2D eigenvalue weighted by Gasteiger charge is -2.36. The molecule has 0 bridgehead atoms. The maximum atomic E-state index is 13.2. The first-order chi connectivity index (χ1) is 17.7. The quantitative estimate of drug-likeness (QED) is 0.363. The minimum atomic E-state index is -0.704. The predicted molar refractivity (Wildman–Crippen MR) is 152 cm³/mol. The van der Waals surface area contributed by atoms with Gasteiger partial charge in [0.25, 0.3) is 0 Å². The Morgan fingerprint density at radius 2 is 1.58 bits per heavy atom. The Hall–Kier alpha value is -3.39. The normalized spacial score (nSPS) is 16.9. The summed E-state index contributed by atoms with van der Waals surface area (Å²) < 4.78 is 12.2. The Labute approximate surface area is 233 Å². The summed E-state index contributed by atoms with van der Waals surface area (Å²) in [5.41, 5.74) is 0.0785. The van der Waals surface area contributed by atoms with Gasteiger partial charge in [-0.2, -0.15) is 0 Å². The summed E-state index contributed by atoms with van der Waals surface area (Å²) >= 11 is 3.43. The van der Waals surface area contributed by atoms with E-state index < -0.39 is 35.3 Å². The number of carbonyl (C=O) groups excluding carboxylic acids is 3. The first-order valence-corrected chi connectivity index (χ1v) is 13.3. The van der Waals surface area contributed by atoms with Crippen molar-refractivity contribution in [3.05, 3.63) is 89.2 Å². The number of rotatable bonds is 5. The van der Waals surface area contributed by atoms with E-state index in [0.717, 1.165) is 10.0 Å². The maximum absolute atomic E-state index is 13.2. The van der Waals surface area contributed by atoms with Gasteiger partial charge in [-0.3, -0.25) is 14.6 Å². The topological polar surface area (TPSA) is 76.2 Å². The van der Waals surface area contributed by atoms with Crippen molar-refractivity contribution in [3.63, 3.8) is 0 Å². The Balaban J connectivity index is 2.06. The van der Waals surface area contributed by atoms with Crippen LogP contribution in [-0.2, 0) is 14.3 Å². The zero-order valence-electron chi connectivity index (χ0n) is 22.7. The third-order valence-electron chi connectivity index (χ3n) is 5.53. The molecule has 2 atom stereocenters. The average molecular weight is 584 g/mol. The lowest BCUT2D eigenvalue weighted by atomic mass is 9.86. The second-order valence-corrected chi connectivity index (χ2v) is 12.0. The molecule has 0 saturated heterocycles. The number of carbonyl (C=O) groups is 3. The summed E-state index contributed by atoms with van der Waals surface area (Å²) in [6.07, 6.45) is 5.35. The van der Waals surface area contributed by atoms with Crippen LogP contribution in [0.5, 0.6) is 0 Å². The number of benzene rings is 2. The summed E-state index contributed by atoms with van der Waals surface area (Å²) in [6, 6.07) is 16.3. The van der Waals surface area contributed by atoms with Crippen molar-refractivity contribution < 1.29 is 23.9 Å². The number of hydrogen-bond donors (Lipinski definition) is 0. The molecule has 8 heteroatoms. The van der Waals surface area contributed by atoms with E-state index >= 15 is 0 Å². The Kier molecular flexibility index (Phi) is 9.20. The van der Waals surface area contributed by atoms with Crippen molar-refractivity contribution in [2.24, 2.45) is 0 Å². The fourth-order valence-electron chi connectivity index (χ4n) is 3.94. The van der Waals surface area contributed by atoms with E-state index in [1.165, 1.54) is 22.1 Å². The van der Waals surface area contributed by atoms with Crippen molar-refractivity contribution in [2.45, 2.75) is 71.1 Å². The van der Waals surface area contributed by atoms with Gasteiger partial charge in [0.05, 0.1) is 11.7 Å². The highest BCUT2D eigenvalue weighted by Crippen LogP contribution is 2.32. The van der Waals surface area contributed by atoms with E-state index in [-0.39, 0.29) is 12.2 Å². The first-order valence-electron chi connectivity index (χ1n) is 12.5. The van der Waals surface area contributed by atoms with Gasteiger partial charge in [0.15, 0.2) is 5.78 Å². The van der Waals surface area contributed by atoms with Crippen molar-refractivity contribution in [2.75, 3.05) is 4.90 Å². The highest BCUT2D eigenvalue weighted by Gasteiger charge is 2.36. The van der Waals surface area contributed by atoms with Gasteiger partial charge < -0.3 is 9.47 Å². The molecule has 1 heterocycles. The molecule has 2 aromatic carbocycles. The second-order valence-electron chi connectivity index (χ2n) is 11.0. The molecule has 0 unspecified atom stereocenters. The van der Waals surface area contributed by atoms with E-state index in [1.807, 2.05) is 48.5 Å². The number of ether oxygens (including phenoxy) is 2. The van der Waals surface area contributed by atoms with Gasteiger partial charge in [-0.05, 0) is 77.4 Å². The maximum Gasteiger partial charge on any atom is 0.418 e. The molecule has 0 spiro atoms. The molecule has 202 valence electrons. The van der Waals surface area contributed by atoms with Crippen LogP contribution in [0.15, 0.2) is 83.6 Å². The Bertz CT molecular complexity index is 1190. The van der Waals surface area contributed by atoms with Crippen LogP contribution in [0, 0.1) is 0 Å². The molecule has 0 fully saturated rings. The molecule has 0 aromatic heterocycles. The minimum absolute atomic E-state index is 0.0963. The third kappa shape index (κ3) is 8.31. The van der Waals surface area contributed by atoms with Crippen molar-refractivity contribution in [3.8, 4) is 0 Å². The number of allylic oxidation sites excluding steroid dienone is 1. The monoisotopic (exact) mass is 582 g/mol. The number of amides is 2. The van der Waals surface area contributed by atoms with Crippen molar-refractivity contribution in [1.82, 2.24) is 4.90 Å². The molecule has 0 aliphatic carbocycles. The molecule has 0 radical (unpaired) electrons. The summed E-state index contributed by atoms with van der Waals surface area (Å²) in [6.45, 7) is 10.8. The van der Waals surface area contributed by atoms with Crippen LogP contribution in [0.2, 0.25) is 0 Å². The number of hydrogen-bond acceptors (Lipinski definition) is 5. The molecule has 2 aromatic rings. The molecule has 1 aliphatic rings. The van der Waals surface area contributed by atoms with Crippen LogP contribution in [0.25, 0.3) is 0 Å². The molecule has 3 rings (SSSR count). The molecular weight excluding hydrogens is 548 g/mol. The molecule has 0 N–H and O–H groups in total. The van der Waals surface area contributed by atoms with Gasteiger partial charge in [-0.15, -0.1) is 0 Å². The van der Waals surface area contributed by atoms with E-state index in [0.29, 0.717) is 5.69 Å². The zero-order chi connectivity index (χ0) is 28.1. The van der Waals surface area contributed by atoms with Gasteiger partial charge in [-0.1, -0.05) is 52.3 Å². The molecule has 0 saturated carbocycles. The minimum Gasteiger partial charge on any atom is -0.443 e. The van der Waals surface area contributed by atoms with Crippen LogP contribution < -0.4 is 4.90 Å². The Morgan fingerprint density at radius 1 is 0.974 bits per heavy atom. The summed E-state index contributed by atoms with van der Waals surface area (Å²) in [4.78, 5) is 41.8. The fraction of sp³-hybridized carbons (Fsp3) is 0.367. The molecule has 1 aliphatic heterocycles. The molecule has 38 heavy (non-hydrogen) atoms.